The van der Waals surface area contributed by atoms with Crippen LogP contribution in [0.1, 0.15) is 19.4 Å². The number of alkyl halides is 3. The van der Waals surface area contributed by atoms with E-state index in [1.165, 1.54) is 0 Å². The number of anilines is 1. The lowest BCUT2D eigenvalue weighted by Crippen LogP contribution is -2.44. The first-order chi connectivity index (χ1) is 8.62. The quantitative estimate of drug-likeness (QED) is 0.857. The van der Waals surface area contributed by atoms with Gasteiger partial charge in [0, 0.05) is 0 Å². The number of carbonyl (C=O) groups is 1. The van der Waals surface area contributed by atoms with E-state index in [0.717, 1.165) is 6.07 Å². The summed E-state index contributed by atoms with van der Waals surface area (Å²) in [4.78, 5) is 10.8. The van der Waals surface area contributed by atoms with E-state index in [9.17, 15) is 27.5 Å². The first-order valence-corrected chi connectivity index (χ1v) is 5.47. The Morgan fingerprint density at radius 3 is 2.26 bits per heavy atom. The summed E-state index contributed by atoms with van der Waals surface area (Å²) < 4.78 is 50.5. The highest BCUT2D eigenvalue weighted by molar-refractivity contribution is 5.75. The summed E-state index contributed by atoms with van der Waals surface area (Å²) in [7, 11) is 0. The van der Waals surface area contributed by atoms with Crippen LogP contribution in [-0.4, -0.2) is 12.0 Å². The molecule has 0 bridgehead atoms. The zero-order valence-electron chi connectivity index (χ0n) is 10.2. The fourth-order valence-corrected chi connectivity index (χ4v) is 1.47. The highest BCUT2D eigenvalue weighted by Gasteiger charge is 2.31. The Labute approximate surface area is 107 Å². The maximum atomic E-state index is 13.5. The maximum absolute atomic E-state index is 13.5. The van der Waals surface area contributed by atoms with Gasteiger partial charge in [-0.25, -0.2) is 4.39 Å². The monoisotopic (exact) mass is 278 g/mol. The van der Waals surface area contributed by atoms with Gasteiger partial charge >= 0.3 is 6.18 Å². The topological polar surface area (TPSA) is 52.2 Å². The predicted molar refractivity (Wildman–Crippen MR) is 58.7 cm³/mol. The molecule has 0 saturated carbocycles. The molecule has 0 spiro atoms. The molecule has 19 heavy (non-hydrogen) atoms. The minimum atomic E-state index is -4.65. The predicted octanol–water partition coefficient (Wildman–Crippen LogP) is 2.03. The Hall–Kier alpha value is -1.79. The summed E-state index contributed by atoms with van der Waals surface area (Å²) in [5.74, 6) is -3.03. The number of carboxylic acid groups (broad SMARTS) is 1. The summed E-state index contributed by atoms with van der Waals surface area (Å²) >= 11 is 0. The van der Waals surface area contributed by atoms with Crippen LogP contribution in [0.15, 0.2) is 18.2 Å². The second kappa shape index (κ2) is 5.46. The minimum absolute atomic E-state index is 0.309. The molecule has 1 N–H and O–H groups in total. The first-order valence-electron chi connectivity index (χ1n) is 5.47. The summed E-state index contributed by atoms with van der Waals surface area (Å²) in [6.07, 6.45) is -4.65. The van der Waals surface area contributed by atoms with Crippen molar-refractivity contribution in [2.75, 3.05) is 5.32 Å². The van der Waals surface area contributed by atoms with E-state index >= 15 is 0 Å². The molecular formula is C12H12F4NO2-. The van der Waals surface area contributed by atoms with Crippen LogP contribution in [-0.2, 0) is 11.0 Å². The summed E-state index contributed by atoms with van der Waals surface area (Å²) in [5.41, 5.74) is -1.44. The van der Waals surface area contributed by atoms with Gasteiger partial charge in [-0.05, 0) is 24.1 Å². The molecule has 1 aromatic rings. The van der Waals surface area contributed by atoms with Gasteiger partial charge in [-0.15, -0.1) is 0 Å². The molecule has 0 aromatic heterocycles. The van der Waals surface area contributed by atoms with Gasteiger partial charge < -0.3 is 15.2 Å². The standard InChI is InChI=1S/C12H13F4NO2/c1-6(2)10(11(18)19)17-9-4-3-7(5-8(9)13)12(14,15)16/h3-6,10,17H,1-2H3,(H,18,19)/p-1. The number of benzene rings is 1. The normalized spacial score (nSPS) is 13.4. The highest BCUT2D eigenvalue weighted by atomic mass is 19.4. The number of halogens is 4. The second-order valence-electron chi connectivity index (χ2n) is 4.38. The van der Waals surface area contributed by atoms with Gasteiger partial charge in [0.15, 0.2) is 0 Å². The largest absolute Gasteiger partial charge is 0.548 e. The molecule has 1 atom stereocenters. The Morgan fingerprint density at radius 2 is 1.89 bits per heavy atom. The van der Waals surface area contributed by atoms with E-state index < -0.39 is 35.5 Å². The molecule has 0 fully saturated rings. The number of nitrogens with one attached hydrogen (secondary N) is 1. The van der Waals surface area contributed by atoms with E-state index in [1.54, 1.807) is 13.8 Å². The molecule has 1 aromatic carbocycles. The summed E-state index contributed by atoms with van der Waals surface area (Å²) in [6.45, 7) is 3.13. The van der Waals surface area contributed by atoms with Gasteiger partial charge in [0.2, 0.25) is 0 Å². The summed E-state index contributed by atoms with van der Waals surface area (Å²) in [6, 6.07) is 0.662. The number of carboxylic acids is 1. The molecule has 0 aliphatic carbocycles. The number of rotatable bonds is 4. The average Bonchev–Trinajstić information content (AvgIpc) is 2.24. The van der Waals surface area contributed by atoms with Gasteiger partial charge in [0.05, 0.1) is 23.3 Å². The van der Waals surface area contributed by atoms with E-state index in [1.807, 2.05) is 0 Å². The Balaban J connectivity index is 3.00. The van der Waals surface area contributed by atoms with Crippen LogP contribution in [0.5, 0.6) is 0 Å². The molecule has 1 rings (SSSR count). The van der Waals surface area contributed by atoms with Crippen molar-refractivity contribution in [1.29, 1.82) is 0 Å². The number of aliphatic carboxylic acids is 1. The third-order valence-corrected chi connectivity index (χ3v) is 2.53. The van der Waals surface area contributed by atoms with Gasteiger partial charge in [-0.1, -0.05) is 13.8 Å². The van der Waals surface area contributed by atoms with E-state index in [-0.39, 0.29) is 5.69 Å². The van der Waals surface area contributed by atoms with Crippen molar-refractivity contribution >= 4 is 11.7 Å². The van der Waals surface area contributed by atoms with Crippen molar-refractivity contribution in [3.63, 3.8) is 0 Å². The molecule has 0 saturated heterocycles. The van der Waals surface area contributed by atoms with E-state index in [4.69, 9.17) is 0 Å². The molecule has 106 valence electrons. The van der Waals surface area contributed by atoms with Crippen LogP contribution in [0.4, 0.5) is 23.2 Å². The molecular weight excluding hydrogens is 266 g/mol. The van der Waals surface area contributed by atoms with Crippen LogP contribution >= 0.6 is 0 Å². The Morgan fingerprint density at radius 1 is 1.32 bits per heavy atom. The van der Waals surface area contributed by atoms with Gasteiger partial charge in [-0.2, -0.15) is 13.2 Å². The zero-order chi connectivity index (χ0) is 14.8. The van der Waals surface area contributed by atoms with Crippen LogP contribution in [0.25, 0.3) is 0 Å². The smallest absolute Gasteiger partial charge is 0.416 e. The van der Waals surface area contributed by atoms with Crippen LogP contribution in [0.3, 0.4) is 0 Å². The number of hydrogen-bond acceptors (Lipinski definition) is 3. The Kier molecular flexibility index (Phi) is 4.39. The average molecular weight is 278 g/mol. The second-order valence-corrected chi connectivity index (χ2v) is 4.38. The van der Waals surface area contributed by atoms with Gasteiger partial charge in [0.25, 0.3) is 0 Å². The van der Waals surface area contributed by atoms with Crippen molar-refractivity contribution in [1.82, 2.24) is 0 Å². The highest BCUT2D eigenvalue weighted by Crippen LogP contribution is 2.31. The van der Waals surface area contributed by atoms with Crippen molar-refractivity contribution in [3.05, 3.63) is 29.6 Å². The van der Waals surface area contributed by atoms with Crippen LogP contribution < -0.4 is 10.4 Å². The number of hydrogen-bond donors (Lipinski definition) is 1. The SMILES string of the molecule is CC(C)C(Nc1ccc(C(F)(F)F)cc1F)C(=O)[O-]. The molecule has 0 radical (unpaired) electrons. The third-order valence-electron chi connectivity index (χ3n) is 2.53. The molecule has 0 aliphatic rings. The zero-order valence-corrected chi connectivity index (χ0v) is 10.2. The van der Waals surface area contributed by atoms with Gasteiger partial charge in [-0.3, -0.25) is 0 Å². The molecule has 0 amide bonds. The molecule has 0 heterocycles. The lowest BCUT2D eigenvalue weighted by molar-refractivity contribution is -0.307. The maximum Gasteiger partial charge on any atom is 0.416 e. The van der Waals surface area contributed by atoms with Gasteiger partial charge in [0.1, 0.15) is 5.82 Å². The molecule has 1 unspecified atom stereocenters. The van der Waals surface area contributed by atoms with E-state index in [2.05, 4.69) is 5.32 Å². The van der Waals surface area contributed by atoms with Crippen molar-refractivity contribution < 1.29 is 27.5 Å². The fraction of sp³-hybridized carbons (Fsp3) is 0.417. The molecule has 7 heteroatoms. The van der Waals surface area contributed by atoms with Crippen molar-refractivity contribution in [2.24, 2.45) is 5.92 Å². The summed E-state index contributed by atoms with van der Waals surface area (Å²) in [5, 5.41) is 13.1. The van der Waals surface area contributed by atoms with Crippen molar-refractivity contribution in [3.8, 4) is 0 Å². The Bertz CT molecular complexity index is 471. The lowest BCUT2D eigenvalue weighted by atomic mass is 10.0. The van der Waals surface area contributed by atoms with Crippen molar-refractivity contribution in [2.45, 2.75) is 26.1 Å². The molecule has 0 aliphatic heterocycles. The van der Waals surface area contributed by atoms with Crippen LogP contribution in [0.2, 0.25) is 0 Å². The van der Waals surface area contributed by atoms with E-state index in [0.29, 0.717) is 12.1 Å². The first kappa shape index (κ1) is 15.3. The third kappa shape index (κ3) is 3.84. The van der Waals surface area contributed by atoms with Crippen LogP contribution in [0, 0.1) is 11.7 Å². The fourth-order valence-electron chi connectivity index (χ4n) is 1.47. The number of carbonyl (C=O) groups excluding carboxylic acids is 1. The molecule has 3 nitrogen and oxygen atoms in total. The minimum Gasteiger partial charge on any atom is -0.548 e. The lowest BCUT2D eigenvalue weighted by Gasteiger charge is -2.24.